The molecule has 21 heavy (non-hydrogen) atoms. The zero-order chi connectivity index (χ0) is 14.9. The summed E-state index contributed by atoms with van der Waals surface area (Å²) in [7, 11) is 0. The maximum absolute atomic E-state index is 6.75. The molecular formula is C20H34O. The fourth-order valence-corrected chi connectivity index (χ4v) is 7.09. The summed E-state index contributed by atoms with van der Waals surface area (Å²) in [5, 5.41) is 0. The summed E-state index contributed by atoms with van der Waals surface area (Å²) in [6, 6.07) is 0. The average molecular weight is 290 g/mol. The molecule has 1 heteroatoms. The van der Waals surface area contributed by atoms with Crippen LogP contribution < -0.4 is 0 Å². The minimum atomic E-state index is 0.248. The third-order valence-electron chi connectivity index (χ3n) is 8.87. The van der Waals surface area contributed by atoms with Crippen molar-refractivity contribution in [3.05, 3.63) is 0 Å². The van der Waals surface area contributed by atoms with Crippen LogP contribution in [-0.2, 0) is 4.74 Å². The van der Waals surface area contributed by atoms with Crippen molar-refractivity contribution in [2.75, 3.05) is 6.61 Å². The molecule has 1 heterocycles. The van der Waals surface area contributed by atoms with Crippen molar-refractivity contribution >= 4 is 0 Å². The van der Waals surface area contributed by atoms with E-state index in [4.69, 9.17) is 4.74 Å². The van der Waals surface area contributed by atoms with Gasteiger partial charge >= 0.3 is 0 Å². The first-order chi connectivity index (χ1) is 9.88. The molecule has 0 N–H and O–H groups in total. The van der Waals surface area contributed by atoms with Crippen molar-refractivity contribution in [1.82, 2.24) is 0 Å². The largest absolute Gasteiger partial charge is 0.374 e. The van der Waals surface area contributed by atoms with E-state index < -0.39 is 0 Å². The van der Waals surface area contributed by atoms with Crippen LogP contribution >= 0.6 is 0 Å². The first-order valence-electron chi connectivity index (χ1n) is 9.52. The van der Waals surface area contributed by atoms with E-state index in [0.717, 1.165) is 18.4 Å². The van der Waals surface area contributed by atoms with Gasteiger partial charge in [-0.25, -0.2) is 0 Å². The van der Waals surface area contributed by atoms with E-state index in [9.17, 15) is 0 Å². The van der Waals surface area contributed by atoms with Crippen molar-refractivity contribution in [3.8, 4) is 0 Å². The van der Waals surface area contributed by atoms with E-state index in [1.807, 2.05) is 0 Å². The molecule has 6 unspecified atom stereocenters. The van der Waals surface area contributed by atoms with Gasteiger partial charge in [-0.05, 0) is 79.4 Å². The molecule has 1 nitrogen and oxygen atoms in total. The van der Waals surface area contributed by atoms with Crippen molar-refractivity contribution in [1.29, 1.82) is 0 Å². The van der Waals surface area contributed by atoms with Crippen LogP contribution in [0, 0.1) is 28.1 Å². The van der Waals surface area contributed by atoms with Crippen LogP contribution in [0.5, 0.6) is 0 Å². The Morgan fingerprint density at radius 3 is 2.57 bits per heavy atom. The molecule has 1 saturated heterocycles. The van der Waals surface area contributed by atoms with Gasteiger partial charge in [-0.15, -0.1) is 0 Å². The topological polar surface area (TPSA) is 9.23 Å². The quantitative estimate of drug-likeness (QED) is 0.612. The van der Waals surface area contributed by atoms with Crippen LogP contribution in [-0.4, -0.2) is 12.2 Å². The van der Waals surface area contributed by atoms with E-state index in [1.165, 1.54) is 57.8 Å². The molecule has 2 bridgehead atoms. The maximum atomic E-state index is 6.75. The molecule has 0 aromatic heterocycles. The summed E-state index contributed by atoms with van der Waals surface area (Å²) in [4.78, 5) is 0. The lowest BCUT2D eigenvalue weighted by Crippen LogP contribution is -2.62. The van der Waals surface area contributed by atoms with E-state index in [0.29, 0.717) is 16.2 Å². The second-order valence-electron chi connectivity index (χ2n) is 9.80. The zero-order valence-electron chi connectivity index (χ0n) is 14.6. The Morgan fingerprint density at radius 2 is 1.81 bits per heavy atom. The van der Waals surface area contributed by atoms with Crippen molar-refractivity contribution < 1.29 is 4.74 Å². The molecule has 0 aromatic carbocycles. The third kappa shape index (κ3) is 1.68. The van der Waals surface area contributed by atoms with Crippen LogP contribution in [0.4, 0.5) is 0 Å². The van der Waals surface area contributed by atoms with Gasteiger partial charge in [-0.2, -0.15) is 0 Å². The summed E-state index contributed by atoms with van der Waals surface area (Å²) in [5.74, 6) is 1.76. The number of ether oxygens (including phenoxy) is 1. The van der Waals surface area contributed by atoms with Crippen LogP contribution in [0.25, 0.3) is 0 Å². The average Bonchev–Trinajstić information content (AvgIpc) is 2.64. The standard InChI is InChI=1S/C20H34O/c1-5-17(2)11-12-19(4)15(13-17)7-8-16-18(3)9-6-10-20(16,19)21-14-18/h15-16H,5-14H2,1-4H3. The molecule has 0 spiro atoms. The summed E-state index contributed by atoms with van der Waals surface area (Å²) in [6.45, 7) is 11.1. The van der Waals surface area contributed by atoms with Crippen LogP contribution in [0.2, 0.25) is 0 Å². The van der Waals surface area contributed by atoms with Gasteiger partial charge in [0.05, 0.1) is 12.2 Å². The lowest BCUT2D eigenvalue weighted by Gasteiger charge is -2.64. The van der Waals surface area contributed by atoms with Gasteiger partial charge < -0.3 is 4.74 Å². The summed E-state index contributed by atoms with van der Waals surface area (Å²) < 4.78 is 6.75. The van der Waals surface area contributed by atoms with Gasteiger partial charge in [0.15, 0.2) is 0 Å². The molecule has 0 aromatic rings. The Morgan fingerprint density at radius 1 is 1.00 bits per heavy atom. The number of fused-ring (bicyclic) bond motifs is 1. The zero-order valence-corrected chi connectivity index (χ0v) is 14.6. The minimum Gasteiger partial charge on any atom is -0.374 e. The number of hydrogen-bond donors (Lipinski definition) is 0. The molecule has 3 aliphatic carbocycles. The molecule has 0 radical (unpaired) electrons. The Labute approximate surface area is 131 Å². The van der Waals surface area contributed by atoms with Crippen LogP contribution in [0.1, 0.15) is 85.5 Å². The highest BCUT2D eigenvalue weighted by Gasteiger charge is 2.69. The number of hydrogen-bond acceptors (Lipinski definition) is 1. The van der Waals surface area contributed by atoms with Gasteiger partial charge in [0.2, 0.25) is 0 Å². The predicted molar refractivity (Wildman–Crippen MR) is 87.2 cm³/mol. The van der Waals surface area contributed by atoms with Gasteiger partial charge in [-0.3, -0.25) is 0 Å². The highest BCUT2D eigenvalue weighted by Crippen LogP contribution is 2.71. The molecule has 3 saturated carbocycles. The lowest BCUT2D eigenvalue weighted by atomic mass is 9.42. The Hall–Kier alpha value is -0.0400. The van der Waals surface area contributed by atoms with Crippen LogP contribution in [0.15, 0.2) is 0 Å². The summed E-state index contributed by atoms with van der Waals surface area (Å²) in [5.41, 5.74) is 1.81. The Kier molecular flexibility index (Phi) is 2.96. The van der Waals surface area contributed by atoms with Gasteiger partial charge in [0.1, 0.15) is 0 Å². The minimum absolute atomic E-state index is 0.248. The first-order valence-corrected chi connectivity index (χ1v) is 9.52. The molecule has 120 valence electrons. The number of rotatable bonds is 1. The van der Waals surface area contributed by atoms with E-state index in [-0.39, 0.29) is 5.60 Å². The predicted octanol–water partition coefficient (Wildman–Crippen LogP) is 5.58. The van der Waals surface area contributed by atoms with Crippen molar-refractivity contribution in [2.45, 2.75) is 91.1 Å². The SMILES string of the molecule is CCC1(C)CCC2(C)C(CCC3C4(C)CCCC32OC4)C1. The normalized spacial score (nSPS) is 59.4. The summed E-state index contributed by atoms with van der Waals surface area (Å²) >= 11 is 0. The van der Waals surface area contributed by atoms with Gasteiger partial charge in [0, 0.05) is 0 Å². The van der Waals surface area contributed by atoms with Crippen LogP contribution in [0.3, 0.4) is 0 Å². The lowest BCUT2D eigenvalue weighted by molar-refractivity contribution is -0.203. The highest BCUT2D eigenvalue weighted by atomic mass is 16.5. The molecule has 0 amide bonds. The monoisotopic (exact) mass is 290 g/mol. The highest BCUT2D eigenvalue weighted by molar-refractivity contribution is 5.18. The fraction of sp³-hybridized carbons (Fsp3) is 1.00. The molecule has 1 aliphatic heterocycles. The second kappa shape index (κ2) is 4.28. The van der Waals surface area contributed by atoms with Crippen molar-refractivity contribution in [2.24, 2.45) is 28.1 Å². The molecule has 4 aliphatic rings. The van der Waals surface area contributed by atoms with E-state index in [2.05, 4.69) is 27.7 Å². The Balaban J connectivity index is 1.72. The molecule has 4 rings (SSSR count). The van der Waals surface area contributed by atoms with E-state index in [1.54, 1.807) is 0 Å². The van der Waals surface area contributed by atoms with Gasteiger partial charge in [-0.1, -0.05) is 34.1 Å². The fourth-order valence-electron chi connectivity index (χ4n) is 7.09. The smallest absolute Gasteiger partial charge is 0.0772 e. The first kappa shape index (κ1) is 14.5. The maximum Gasteiger partial charge on any atom is 0.0772 e. The summed E-state index contributed by atoms with van der Waals surface area (Å²) in [6.07, 6.45) is 12.7. The molecule has 4 fully saturated rings. The second-order valence-corrected chi connectivity index (χ2v) is 9.80. The Bertz CT molecular complexity index is 445. The third-order valence-corrected chi connectivity index (χ3v) is 8.87. The van der Waals surface area contributed by atoms with E-state index >= 15 is 0 Å². The van der Waals surface area contributed by atoms with Crippen molar-refractivity contribution in [3.63, 3.8) is 0 Å². The molecule has 6 atom stereocenters. The van der Waals surface area contributed by atoms with Gasteiger partial charge in [0.25, 0.3) is 0 Å². The molecular weight excluding hydrogens is 256 g/mol.